The largest absolute Gasteiger partial charge is 0.469 e. The molecule has 1 aliphatic heterocycles. The number of thiophene rings is 1. The van der Waals surface area contributed by atoms with Crippen LogP contribution in [0.3, 0.4) is 0 Å². The van der Waals surface area contributed by atoms with Crippen molar-refractivity contribution in [2.45, 2.75) is 51.0 Å². The van der Waals surface area contributed by atoms with E-state index in [9.17, 15) is 4.79 Å². The molecule has 1 amide bonds. The van der Waals surface area contributed by atoms with Crippen molar-refractivity contribution in [2.24, 2.45) is 10.9 Å². The predicted octanol–water partition coefficient (Wildman–Crippen LogP) is 4.07. The van der Waals surface area contributed by atoms with Crippen molar-refractivity contribution < 1.29 is 9.21 Å². The Morgan fingerprint density at radius 3 is 2.81 bits per heavy atom. The summed E-state index contributed by atoms with van der Waals surface area (Å²) in [5.74, 6) is 2.42. The Hall–Kier alpha value is -1.55. The third kappa shape index (κ3) is 7.24. The monoisotopic (exact) mass is 556 g/mol. The zero-order valence-electron chi connectivity index (χ0n) is 17.9. The number of rotatable bonds is 8. The number of nitrogens with one attached hydrogen (secondary N) is 2. The molecular formula is C23H33IN4O2S. The zero-order valence-corrected chi connectivity index (χ0v) is 21.1. The lowest BCUT2D eigenvalue weighted by Gasteiger charge is -2.21. The second-order valence-corrected chi connectivity index (χ2v) is 9.24. The molecule has 3 heterocycles. The standard InChI is InChI=1S/C23H32N4O2S.HI/c28-22(18-5-1-2-6-18)27-14-11-19(17-27)26-23(24-12-9-20-7-3-15-29-20)25-13-10-21-8-4-16-30-21;/h3-4,7-8,15-16,18-19H,1-2,5-6,9-14,17H2,(H2,24,25,26);1H. The first-order valence-corrected chi connectivity index (χ1v) is 12.0. The Bertz CT molecular complexity index is 804. The van der Waals surface area contributed by atoms with Gasteiger partial charge in [-0.15, -0.1) is 35.3 Å². The van der Waals surface area contributed by atoms with E-state index in [1.165, 1.54) is 17.7 Å². The van der Waals surface area contributed by atoms with Crippen LogP contribution in [0.1, 0.15) is 42.7 Å². The molecule has 2 fully saturated rings. The molecule has 170 valence electrons. The minimum Gasteiger partial charge on any atom is -0.469 e. The number of hydrogen-bond donors (Lipinski definition) is 2. The predicted molar refractivity (Wildman–Crippen MR) is 136 cm³/mol. The van der Waals surface area contributed by atoms with E-state index in [1.54, 1.807) is 17.6 Å². The minimum atomic E-state index is 0. The van der Waals surface area contributed by atoms with Gasteiger partial charge in [-0.2, -0.15) is 0 Å². The van der Waals surface area contributed by atoms with Crippen molar-refractivity contribution in [1.82, 2.24) is 15.5 Å². The molecule has 8 heteroatoms. The summed E-state index contributed by atoms with van der Waals surface area (Å²) in [6, 6.07) is 8.40. The van der Waals surface area contributed by atoms with Crippen LogP contribution in [0.15, 0.2) is 45.3 Å². The Balaban J connectivity index is 0.00000272. The third-order valence-corrected chi connectivity index (χ3v) is 6.93. The highest BCUT2D eigenvalue weighted by Gasteiger charge is 2.32. The van der Waals surface area contributed by atoms with Crippen LogP contribution in [-0.2, 0) is 17.6 Å². The van der Waals surface area contributed by atoms with Crippen molar-refractivity contribution in [3.8, 4) is 0 Å². The third-order valence-electron chi connectivity index (χ3n) is 6.00. The molecule has 1 atom stereocenters. The maximum atomic E-state index is 12.7. The second-order valence-electron chi connectivity index (χ2n) is 8.21. The number of carbonyl (C=O) groups is 1. The second kappa shape index (κ2) is 12.5. The number of aliphatic imine (C=N–C) groups is 1. The first-order chi connectivity index (χ1) is 14.8. The van der Waals surface area contributed by atoms with E-state index in [0.717, 1.165) is 70.0 Å². The first-order valence-electron chi connectivity index (χ1n) is 11.2. The van der Waals surface area contributed by atoms with Gasteiger partial charge in [-0.25, -0.2) is 0 Å². The molecule has 1 unspecified atom stereocenters. The van der Waals surface area contributed by atoms with E-state index in [4.69, 9.17) is 9.41 Å². The fraction of sp³-hybridized carbons (Fsp3) is 0.565. The number of hydrogen-bond acceptors (Lipinski definition) is 4. The first kappa shape index (κ1) is 24.1. The van der Waals surface area contributed by atoms with Gasteiger partial charge in [0, 0.05) is 55.9 Å². The summed E-state index contributed by atoms with van der Waals surface area (Å²) < 4.78 is 5.42. The molecule has 1 saturated carbocycles. The van der Waals surface area contributed by atoms with Gasteiger partial charge in [0.2, 0.25) is 5.91 Å². The summed E-state index contributed by atoms with van der Waals surface area (Å²) in [5, 5.41) is 9.12. The van der Waals surface area contributed by atoms with Crippen molar-refractivity contribution >= 4 is 47.2 Å². The normalized spacial score (nSPS) is 19.4. The molecule has 0 radical (unpaired) electrons. The van der Waals surface area contributed by atoms with Gasteiger partial charge < -0.3 is 20.0 Å². The number of likely N-dealkylation sites (tertiary alicyclic amines) is 1. The molecule has 6 nitrogen and oxygen atoms in total. The van der Waals surface area contributed by atoms with Crippen molar-refractivity contribution in [3.05, 3.63) is 46.5 Å². The smallest absolute Gasteiger partial charge is 0.225 e. The molecule has 2 aromatic heterocycles. The van der Waals surface area contributed by atoms with Gasteiger partial charge in [0.25, 0.3) is 0 Å². The van der Waals surface area contributed by atoms with Crippen molar-refractivity contribution in [2.75, 3.05) is 26.2 Å². The van der Waals surface area contributed by atoms with Gasteiger partial charge in [-0.05, 0) is 42.8 Å². The number of nitrogens with zero attached hydrogens (tertiary/aromatic N) is 2. The lowest BCUT2D eigenvalue weighted by molar-refractivity contribution is -0.134. The van der Waals surface area contributed by atoms with Crippen LogP contribution in [-0.4, -0.2) is 49.0 Å². The van der Waals surface area contributed by atoms with Crippen LogP contribution < -0.4 is 10.6 Å². The number of halogens is 1. The average Bonchev–Trinajstić information content (AvgIpc) is 3.56. The van der Waals surface area contributed by atoms with E-state index in [2.05, 4.69) is 33.0 Å². The summed E-state index contributed by atoms with van der Waals surface area (Å²) >= 11 is 1.77. The van der Waals surface area contributed by atoms with Crippen LogP contribution >= 0.6 is 35.3 Å². The van der Waals surface area contributed by atoms with Crippen LogP contribution in [0.4, 0.5) is 0 Å². The summed E-state index contributed by atoms with van der Waals surface area (Å²) in [4.78, 5) is 20.9. The molecule has 2 N–H and O–H groups in total. The molecular weight excluding hydrogens is 523 g/mol. The van der Waals surface area contributed by atoms with Crippen LogP contribution in [0.25, 0.3) is 0 Å². The maximum absolute atomic E-state index is 12.7. The number of carbonyl (C=O) groups excluding carboxylic acids is 1. The molecule has 1 aliphatic carbocycles. The van der Waals surface area contributed by atoms with Gasteiger partial charge in [-0.1, -0.05) is 18.9 Å². The highest BCUT2D eigenvalue weighted by Crippen LogP contribution is 2.27. The highest BCUT2D eigenvalue weighted by molar-refractivity contribution is 14.0. The number of furan rings is 1. The molecule has 0 spiro atoms. The summed E-state index contributed by atoms with van der Waals surface area (Å²) in [6.07, 6.45) is 8.98. The van der Waals surface area contributed by atoms with Gasteiger partial charge >= 0.3 is 0 Å². The Morgan fingerprint density at radius 1 is 1.19 bits per heavy atom. The highest BCUT2D eigenvalue weighted by atomic mass is 127. The Morgan fingerprint density at radius 2 is 2.06 bits per heavy atom. The van der Waals surface area contributed by atoms with E-state index < -0.39 is 0 Å². The summed E-state index contributed by atoms with van der Waals surface area (Å²) in [5.41, 5.74) is 0. The van der Waals surface area contributed by atoms with E-state index >= 15 is 0 Å². The van der Waals surface area contributed by atoms with Gasteiger partial charge in [0.15, 0.2) is 5.96 Å². The SMILES string of the molecule is I.O=C(C1CCCC1)N1CCC(NC(=NCCc2cccs2)NCCc2ccco2)C1. The fourth-order valence-electron chi connectivity index (χ4n) is 4.35. The lowest BCUT2D eigenvalue weighted by atomic mass is 10.1. The minimum absolute atomic E-state index is 0. The molecule has 4 rings (SSSR count). The zero-order chi connectivity index (χ0) is 20.6. The number of guanidine groups is 1. The maximum Gasteiger partial charge on any atom is 0.225 e. The van der Waals surface area contributed by atoms with Crippen molar-refractivity contribution in [3.63, 3.8) is 0 Å². The number of amides is 1. The molecule has 0 aromatic carbocycles. The van der Waals surface area contributed by atoms with Crippen LogP contribution in [0.5, 0.6) is 0 Å². The molecule has 0 bridgehead atoms. The summed E-state index contributed by atoms with van der Waals surface area (Å²) in [6.45, 7) is 3.13. The van der Waals surface area contributed by atoms with Gasteiger partial charge in [-0.3, -0.25) is 9.79 Å². The Kier molecular flexibility index (Phi) is 9.70. The van der Waals surface area contributed by atoms with E-state index in [1.807, 2.05) is 12.1 Å². The fourth-order valence-corrected chi connectivity index (χ4v) is 5.05. The molecule has 1 saturated heterocycles. The quantitative estimate of drug-likeness (QED) is 0.292. The molecule has 2 aromatic rings. The van der Waals surface area contributed by atoms with Crippen LogP contribution in [0.2, 0.25) is 0 Å². The molecule has 2 aliphatic rings. The van der Waals surface area contributed by atoms with E-state index in [-0.39, 0.29) is 35.9 Å². The molecule has 31 heavy (non-hydrogen) atoms. The summed E-state index contributed by atoms with van der Waals surface area (Å²) in [7, 11) is 0. The average molecular weight is 557 g/mol. The lowest BCUT2D eigenvalue weighted by Crippen LogP contribution is -2.46. The topological polar surface area (TPSA) is 69.9 Å². The van der Waals surface area contributed by atoms with Gasteiger partial charge in [0.05, 0.1) is 6.26 Å². The Labute approximate surface area is 205 Å². The van der Waals surface area contributed by atoms with Gasteiger partial charge in [0.1, 0.15) is 5.76 Å². The van der Waals surface area contributed by atoms with Crippen molar-refractivity contribution in [1.29, 1.82) is 0 Å². The van der Waals surface area contributed by atoms with E-state index in [0.29, 0.717) is 5.91 Å². The van der Waals surface area contributed by atoms with Crippen LogP contribution in [0, 0.1) is 5.92 Å².